The third kappa shape index (κ3) is 3.68. The van der Waals surface area contributed by atoms with Crippen LogP contribution in [0.2, 0.25) is 0 Å². The van der Waals surface area contributed by atoms with Crippen molar-refractivity contribution in [2.24, 2.45) is 0 Å². The summed E-state index contributed by atoms with van der Waals surface area (Å²) in [5, 5.41) is 2.67. The van der Waals surface area contributed by atoms with Gasteiger partial charge in [-0.25, -0.2) is 0 Å². The molecule has 23 heavy (non-hydrogen) atoms. The number of benzene rings is 1. The number of nitrogens with zero attached hydrogens (tertiary/aromatic N) is 2. The number of hydrogen-bond donors (Lipinski definition) is 1. The predicted octanol–water partition coefficient (Wildman–Crippen LogP) is 0.532. The summed E-state index contributed by atoms with van der Waals surface area (Å²) in [6.07, 6.45) is 2.86. The molecule has 7 nitrogen and oxygen atoms in total. The van der Waals surface area contributed by atoms with Gasteiger partial charge in [-0.05, 0) is 26.0 Å². The maximum Gasteiger partial charge on any atom is 0.321 e. The molecular formula is C16H19N3O4. The van der Waals surface area contributed by atoms with Crippen molar-refractivity contribution in [2.75, 3.05) is 7.11 Å². The van der Waals surface area contributed by atoms with Gasteiger partial charge in [-0.1, -0.05) is 12.1 Å². The quantitative estimate of drug-likeness (QED) is 0.816. The molecule has 0 aliphatic heterocycles. The Morgan fingerprint density at radius 1 is 1.17 bits per heavy atom. The largest absolute Gasteiger partial charge is 0.495 e. The first kappa shape index (κ1) is 16.5. The van der Waals surface area contributed by atoms with Crippen LogP contribution in [0.5, 0.6) is 5.75 Å². The number of nitrogens with one attached hydrogen (secondary N) is 1. The molecule has 1 amide bonds. The summed E-state index contributed by atoms with van der Waals surface area (Å²) in [6, 6.07) is 6.85. The summed E-state index contributed by atoms with van der Waals surface area (Å²) in [5.41, 5.74) is -1.04. The highest BCUT2D eigenvalue weighted by atomic mass is 16.5. The molecule has 0 aliphatic rings. The molecule has 2 aromatic rings. The molecule has 0 saturated carbocycles. The van der Waals surface area contributed by atoms with Gasteiger partial charge in [-0.15, -0.1) is 0 Å². The summed E-state index contributed by atoms with van der Waals surface area (Å²) < 4.78 is 7.50. The lowest BCUT2D eigenvalue weighted by Crippen LogP contribution is -2.43. The minimum absolute atomic E-state index is 0.0350. The molecule has 0 saturated heterocycles. The fourth-order valence-corrected chi connectivity index (χ4v) is 2.17. The van der Waals surface area contributed by atoms with Crippen LogP contribution in [0.3, 0.4) is 0 Å². The molecule has 1 aromatic carbocycles. The van der Waals surface area contributed by atoms with E-state index in [1.165, 1.54) is 24.1 Å². The summed E-state index contributed by atoms with van der Waals surface area (Å²) in [5.74, 6) is 0.154. The number of rotatable bonds is 5. The number of amides is 1. The van der Waals surface area contributed by atoms with Crippen molar-refractivity contribution in [3.05, 3.63) is 57.4 Å². The zero-order chi connectivity index (χ0) is 17.0. The van der Waals surface area contributed by atoms with E-state index in [4.69, 9.17) is 4.74 Å². The summed E-state index contributed by atoms with van der Waals surface area (Å²) in [7, 11) is 1.49. The van der Waals surface area contributed by atoms with Gasteiger partial charge in [-0.3, -0.25) is 23.5 Å². The van der Waals surface area contributed by atoms with E-state index >= 15 is 0 Å². The fourth-order valence-electron chi connectivity index (χ4n) is 2.17. The predicted molar refractivity (Wildman–Crippen MR) is 86.1 cm³/mol. The minimum atomic E-state index is -0.766. The third-order valence-corrected chi connectivity index (χ3v) is 3.17. The first-order valence-corrected chi connectivity index (χ1v) is 7.19. The van der Waals surface area contributed by atoms with Crippen LogP contribution in [-0.2, 0) is 11.3 Å². The number of aromatic nitrogens is 2. The number of para-hydroxylation sites is 2. The van der Waals surface area contributed by atoms with Crippen molar-refractivity contribution < 1.29 is 9.53 Å². The lowest BCUT2D eigenvalue weighted by atomic mass is 10.3. The molecule has 0 unspecified atom stereocenters. The SMILES string of the molecule is COc1ccccc1-n1ccn(CC(=O)NC(C)C)c(=O)c1=O. The van der Waals surface area contributed by atoms with Crippen molar-refractivity contribution in [3.63, 3.8) is 0 Å². The number of methoxy groups -OCH3 is 1. The second-order valence-corrected chi connectivity index (χ2v) is 5.30. The average Bonchev–Trinajstić information content (AvgIpc) is 2.51. The Morgan fingerprint density at radius 3 is 2.52 bits per heavy atom. The Kier molecular flexibility index (Phi) is 5.00. The topological polar surface area (TPSA) is 82.3 Å². The van der Waals surface area contributed by atoms with Crippen LogP contribution in [0.1, 0.15) is 13.8 Å². The zero-order valence-corrected chi connectivity index (χ0v) is 13.3. The van der Waals surface area contributed by atoms with Gasteiger partial charge in [-0.2, -0.15) is 0 Å². The van der Waals surface area contributed by atoms with Crippen molar-refractivity contribution >= 4 is 5.91 Å². The van der Waals surface area contributed by atoms with Gasteiger partial charge in [0, 0.05) is 18.4 Å². The molecule has 1 heterocycles. The molecule has 0 fully saturated rings. The van der Waals surface area contributed by atoms with Crippen molar-refractivity contribution in [3.8, 4) is 11.4 Å². The second-order valence-electron chi connectivity index (χ2n) is 5.30. The van der Waals surface area contributed by atoms with Gasteiger partial charge >= 0.3 is 11.1 Å². The smallest absolute Gasteiger partial charge is 0.321 e. The average molecular weight is 317 g/mol. The van der Waals surface area contributed by atoms with Crippen molar-refractivity contribution in [1.29, 1.82) is 0 Å². The lowest BCUT2D eigenvalue weighted by molar-refractivity contribution is -0.122. The fraction of sp³-hybridized carbons (Fsp3) is 0.312. The number of hydrogen-bond acceptors (Lipinski definition) is 4. The first-order chi connectivity index (χ1) is 10.9. The van der Waals surface area contributed by atoms with Crippen LogP contribution in [0.4, 0.5) is 0 Å². The molecule has 7 heteroatoms. The minimum Gasteiger partial charge on any atom is -0.495 e. The van der Waals surface area contributed by atoms with Gasteiger partial charge in [0.05, 0.1) is 12.8 Å². The van der Waals surface area contributed by atoms with E-state index < -0.39 is 11.1 Å². The molecule has 0 radical (unpaired) electrons. The lowest BCUT2D eigenvalue weighted by Gasteiger charge is -2.12. The van der Waals surface area contributed by atoms with E-state index in [1.54, 1.807) is 24.3 Å². The van der Waals surface area contributed by atoms with Gasteiger partial charge in [0.15, 0.2) is 0 Å². The summed E-state index contributed by atoms with van der Waals surface area (Å²) in [4.78, 5) is 36.2. The van der Waals surface area contributed by atoms with E-state index in [0.717, 1.165) is 4.57 Å². The Hall–Kier alpha value is -2.83. The first-order valence-electron chi connectivity index (χ1n) is 7.19. The van der Waals surface area contributed by atoms with E-state index in [0.29, 0.717) is 11.4 Å². The molecule has 2 rings (SSSR count). The van der Waals surface area contributed by atoms with Crippen LogP contribution < -0.4 is 21.2 Å². The highest BCUT2D eigenvalue weighted by molar-refractivity contribution is 5.75. The van der Waals surface area contributed by atoms with Crippen LogP contribution in [-0.4, -0.2) is 28.2 Å². The summed E-state index contributed by atoms with van der Waals surface area (Å²) >= 11 is 0. The maximum atomic E-state index is 12.3. The van der Waals surface area contributed by atoms with Gasteiger partial charge in [0.25, 0.3) is 0 Å². The van der Waals surface area contributed by atoms with E-state index in [2.05, 4.69) is 5.32 Å². The van der Waals surface area contributed by atoms with Crippen LogP contribution in [0.25, 0.3) is 5.69 Å². The Bertz CT molecular complexity index is 821. The molecule has 122 valence electrons. The molecule has 0 bridgehead atoms. The molecule has 0 spiro atoms. The third-order valence-electron chi connectivity index (χ3n) is 3.17. The zero-order valence-electron chi connectivity index (χ0n) is 13.3. The van der Waals surface area contributed by atoms with Crippen LogP contribution in [0, 0.1) is 0 Å². The second kappa shape index (κ2) is 6.95. The molecule has 1 N–H and O–H groups in total. The van der Waals surface area contributed by atoms with Gasteiger partial charge < -0.3 is 10.1 Å². The Balaban J connectivity index is 2.41. The van der Waals surface area contributed by atoms with Crippen LogP contribution >= 0.6 is 0 Å². The normalized spacial score (nSPS) is 10.6. The monoisotopic (exact) mass is 317 g/mol. The number of carbonyl (C=O) groups is 1. The number of ether oxygens (including phenoxy) is 1. The molecule has 0 atom stereocenters. The van der Waals surface area contributed by atoms with Gasteiger partial charge in [0.1, 0.15) is 12.3 Å². The Morgan fingerprint density at radius 2 is 1.87 bits per heavy atom. The van der Waals surface area contributed by atoms with Crippen molar-refractivity contribution in [1.82, 2.24) is 14.5 Å². The highest BCUT2D eigenvalue weighted by Crippen LogP contribution is 2.19. The Labute approximate surface area is 133 Å². The van der Waals surface area contributed by atoms with Gasteiger partial charge in [0.2, 0.25) is 5.91 Å². The van der Waals surface area contributed by atoms with Crippen molar-refractivity contribution in [2.45, 2.75) is 26.4 Å². The van der Waals surface area contributed by atoms with E-state index in [1.807, 2.05) is 13.8 Å². The standard InChI is InChI=1S/C16H19N3O4/c1-11(2)17-14(20)10-18-8-9-19(16(22)15(18)21)12-6-4-5-7-13(12)23-3/h4-9,11H,10H2,1-3H3,(H,17,20). The molecule has 1 aromatic heterocycles. The summed E-state index contributed by atoms with van der Waals surface area (Å²) in [6.45, 7) is 3.44. The van der Waals surface area contributed by atoms with E-state index in [9.17, 15) is 14.4 Å². The van der Waals surface area contributed by atoms with E-state index in [-0.39, 0.29) is 18.5 Å². The highest BCUT2D eigenvalue weighted by Gasteiger charge is 2.12. The van der Waals surface area contributed by atoms with Crippen LogP contribution in [0.15, 0.2) is 46.2 Å². The number of carbonyl (C=O) groups excluding carboxylic acids is 1. The molecule has 0 aliphatic carbocycles. The maximum absolute atomic E-state index is 12.3. The molecular weight excluding hydrogens is 298 g/mol.